The van der Waals surface area contributed by atoms with Crippen molar-refractivity contribution in [1.29, 1.82) is 0 Å². The molecule has 2 rings (SSSR count). The first kappa shape index (κ1) is 13.6. The van der Waals surface area contributed by atoms with Gasteiger partial charge in [-0.25, -0.2) is 0 Å². The van der Waals surface area contributed by atoms with Crippen molar-refractivity contribution in [2.24, 2.45) is 17.3 Å². The predicted molar refractivity (Wildman–Crippen MR) is 75.0 cm³/mol. The fourth-order valence-electron chi connectivity index (χ4n) is 3.11. The van der Waals surface area contributed by atoms with Gasteiger partial charge < -0.3 is 5.11 Å². The summed E-state index contributed by atoms with van der Waals surface area (Å²) in [4.78, 5) is 11.4. The molecule has 0 aromatic carbocycles. The summed E-state index contributed by atoms with van der Waals surface area (Å²) in [5, 5.41) is 13.6. The molecule has 1 fully saturated rings. The lowest BCUT2D eigenvalue weighted by atomic mass is 9.64. The molecule has 1 aromatic heterocycles. The van der Waals surface area contributed by atoms with Crippen LogP contribution in [-0.4, -0.2) is 11.1 Å². The van der Waals surface area contributed by atoms with Crippen molar-refractivity contribution in [3.8, 4) is 0 Å². The third-order valence-corrected chi connectivity index (χ3v) is 5.07. The average Bonchev–Trinajstić information content (AvgIpc) is 2.80. The van der Waals surface area contributed by atoms with Gasteiger partial charge in [0.1, 0.15) is 0 Å². The van der Waals surface area contributed by atoms with E-state index in [1.807, 2.05) is 0 Å². The molecule has 0 spiro atoms. The van der Waals surface area contributed by atoms with Gasteiger partial charge in [0.15, 0.2) is 0 Å². The second-order valence-electron chi connectivity index (χ2n) is 6.48. The molecule has 0 bridgehead atoms. The fourth-order valence-corrected chi connectivity index (χ4v) is 3.83. The molecule has 0 aliphatic heterocycles. The van der Waals surface area contributed by atoms with Gasteiger partial charge in [0.25, 0.3) is 0 Å². The lowest BCUT2D eigenvalue weighted by Crippen LogP contribution is -2.34. The standard InChI is InChI=1S/C15H22O2S/c1-15(2,3)11-4-5-12(14(16)17)13(8-11)10-6-7-18-9-10/h6-7,9,11-13H,4-5,8H2,1-3H3,(H,16,17). The summed E-state index contributed by atoms with van der Waals surface area (Å²) in [5.41, 5.74) is 1.50. The van der Waals surface area contributed by atoms with E-state index in [0.29, 0.717) is 5.92 Å². The highest BCUT2D eigenvalue weighted by Gasteiger charge is 2.39. The van der Waals surface area contributed by atoms with Crippen LogP contribution in [0.5, 0.6) is 0 Å². The minimum atomic E-state index is -0.626. The maximum atomic E-state index is 11.4. The van der Waals surface area contributed by atoms with Crippen molar-refractivity contribution in [3.05, 3.63) is 22.4 Å². The van der Waals surface area contributed by atoms with Crippen molar-refractivity contribution in [1.82, 2.24) is 0 Å². The van der Waals surface area contributed by atoms with Gasteiger partial charge in [-0.2, -0.15) is 11.3 Å². The minimum absolute atomic E-state index is 0.196. The van der Waals surface area contributed by atoms with Crippen molar-refractivity contribution < 1.29 is 9.90 Å². The molecule has 3 atom stereocenters. The lowest BCUT2D eigenvalue weighted by Gasteiger charge is -2.40. The highest BCUT2D eigenvalue weighted by Crippen LogP contribution is 2.47. The molecule has 100 valence electrons. The Bertz CT molecular complexity index is 403. The maximum absolute atomic E-state index is 11.4. The Hall–Kier alpha value is -0.830. The van der Waals surface area contributed by atoms with E-state index < -0.39 is 5.97 Å². The first-order valence-electron chi connectivity index (χ1n) is 6.64. The summed E-state index contributed by atoms with van der Waals surface area (Å²) in [6.07, 6.45) is 2.87. The molecule has 0 radical (unpaired) electrons. The molecular formula is C15H22O2S. The Morgan fingerprint density at radius 3 is 2.61 bits per heavy atom. The lowest BCUT2D eigenvalue weighted by molar-refractivity contribution is -0.144. The second-order valence-corrected chi connectivity index (χ2v) is 7.26. The molecule has 1 heterocycles. The van der Waals surface area contributed by atoms with Gasteiger partial charge >= 0.3 is 5.97 Å². The van der Waals surface area contributed by atoms with E-state index in [2.05, 4.69) is 37.6 Å². The molecule has 1 aliphatic rings. The van der Waals surface area contributed by atoms with Gasteiger partial charge in [-0.3, -0.25) is 4.79 Å². The number of carbonyl (C=O) groups is 1. The summed E-state index contributed by atoms with van der Waals surface area (Å²) >= 11 is 1.66. The summed E-state index contributed by atoms with van der Waals surface area (Å²) in [6, 6.07) is 2.09. The zero-order valence-corrected chi connectivity index (χ0v) is 12.2. The summed E-state index contributed by atoms with van der Waals surface area (Å²) in [6.45, 7) is 6.80. The Morgan fingerprint density at radius 1 is 1.39 bits per heavy atom. The smallest absolute Gasteiger partial charge is 0.307 e. The molecule has 3 heteroatoms. The van der Waals surface area contributed by atoms with E-state index in [4.69, 9.17) is 0 Å². The molecule has 1 aliphatic carbocycles. The van der Waals surface area contributed by atoms with Gasteiger partial charge in [-0.15, -0.1) is 0 Å². The monoisotopic (exact) mass is 266 g/mol. The Labute approximate surface area is 113 Å². The van der Waals surface area contributed by atoms with Gasteiger partial charge in [-0.05, 0) is 58.9 Å². The molecule has 18 heavy (non-hydrogen) atoms. The van der Waals surface area contributed by atoms with Gasteiger partial charge in [-0.1, -0.05) is 20.8 Å². The number of aliphatic carboxylic acids is 1. The average molecular weight is 266 g/mol. The minimum Gasteiger partial charge on any atom is -0.481 e. The quantitative estimate of drug-likeness (QED) is 0.862. The summed E-state index contributed by atoms with van der Waals surface area (Å²) in [7, 11) is 0. The van der Waals surface area contributed by atoms with Crippen LogP contribution in [0.25, 0.3) is 0 Å². The first-order valence-corrected chi connectivity index (χ1v) is 7.58. The SMILES string of the molecule is CC(C)(C)C1CCC(C(=O)O)C(c2ccsc2)C1. The highest BCUT2D eigenvalue weighted by molar-refractivity contribution is 7.08. The van der Waals surface area contributed by atoms with Crippen molar-refractivity contribution >= 4 is 17.3 Å². The summed E-state index contributed by atoms with van der Waals surface area (Å²) in [5.74, 6) is 0.00137. The number of carboxylic acid groups (broad SMARTS) is 1. The van der Waals surface area contributed by atoms with Crippen LogP contribution in [0.3, 0.4) is 0 Å². The van der Waals surface area contributed by atoms with E-state index in [0.717, 1.165) is 19.3 Å². The number of thiophene rings is 1. The topological polar surface area (TPSA) is 37.3 Å². The van der Waals surface area contributed by atoms with Crippen LogP contribution in [0.15, 0.2) is 16.8 Å². The molecule has 0 amide bonds. The Balaban J connectivity index is 2.22. The second kappa shape index (κ2) is 5.04. The molecule has 1 N–H and O–H groups in total. The highest BCUT2D eigenvalue weighted by atomic mass is 32.1. The maximum Gasteiger partial charge on any atom is 0.307 e. The van der Waals surface area contributed by atoms with Crippen LogP contribution in [0.2, 0.25) is 0 Å². The van der Waals surface area contributed by atoms with Gasteiger partial charge in [0, 0.05) is 0 Å². The van der Waals surface area contributed by atoms with Crippen LogP contribution in [0.4, 0.5) is 0 Å². The van der Waals surface area contributed by atoms with Crippen LogP contribution in [0.1, 0.15) is 51.5 Å². The van der Waals surface area contributed by atoms with E-state index in [-0.39, 0.29) is 17.3 Å². The fraction of sp³-hybridized carbons (Fsp3) is 0.667. The first-order chi connectivity index (χ1) is 8.39. The Kier molecular flexibility index (Phi) is 3.81. The van der Waals surface area contributed by atoms with Crippen LogP contribution in [-0.2, 0) is 4.79 Å². The number of hydrogen-bond acceptors (Lipinski definition) is 2. The normalized spacial score (nSPS) is 29.2. The van der Waals surface area contributed by atoms with Crippen LogP contribution in [0, 0.1) is 17.3 Å². The molecule has 1 aromatic rings. The largest absolute Gasteiger partial charge is 0.481 e. The molecule has 2 nitrogen and oxygen atoms in total. The molecular weight excluding hydrogens is 244 g/mol. The zero-order chi connectivity index (χ0) is 13.3. The number of rotatable bonds is 2. The van der Waals surface area contributed by atoms with E-state index in [9.17, 15) is 9.90 Å². The molecule has 0 saturated heterocycles. The third kappa shape index (κ3) is 2.77. The van der Waals surface area contributed by atoms with Gasteiger partial charge in [0.05, 0.1) is 5.92 Å². The summed E-state index contributed by atoms with van der Waals surface area (Å²) < 4.78 is 0. The van der Waals surface area contributed by atoms with Crippen molar-refractivity contribution in [2.45, 2.75) is 46.0 Å². The molecule has 3 unspecified atom stereocenters. The number of hydrogen-bond donors (Lipinski definition) is 1. The van der Waals surface area contributed by atoms with Crippen LogP contribution < -0.4 is 0 Å². The number of carboxylic acids is 1. The van der Waals surface area contributed by atoms with E-state index >= 15 is 0 Å². The zero-order valence-electron chi connectivity index (χ0n) is 11.3. The van der Waals surface area contributed by atoms with E-state index in [1.54, 1.807) is 11.3 Å². The molecule has 1 saturated carbocycles. The third-order valence-electron chi connectivity index (χ3n) is 4.36. The van der Waals surface area contributed by atoms with E-state index in [1.165, 1.54) is 5.56 Å². The Morgan fingerprint density at radius 2 is 2.11 bits per heavy atom. The van der Waals surface area contributed by atoms with Crippen molar-refractivity contribution in [3.63, 3.8) is 0 Å². The predicted octanol–water partition coefficient (Wildman–Crippen LogP) is 4.38. The van der Waals surface area contributed by atoms with Crippen LogP contribution >= 0.6 is 11.3 Å². The van der Waals surface area contributed by atoms with Crippen molar-refractivity contribution in [2.75, 3.05) is 0 Å². The van der Waals surface area contributed by atoms with Gasteiger partial charge in [0.2, 0.25) is 0 Å².